The summed E-state index contributed by atoms with van der Waals surface area (Å²) in [4.78, 5) is 11.3. The van der Waals surface area contributed by atoms with Gasteiger partial charge in [0.15, 0.2) is 11.4 Å². The maximum absolute atomic E-state index is 13.1. The van der Waals surface area contributed by atoms with Crippen LogP contribution in [0.15, 0.2) is 58.2 Å². The quantitative estimate of drug-likeness (QED) is 0.304. The molecule has 0 saturated heterocycles. The highest BCUT2D eigenvalue weighted by molar-refractivity contribution is 7.92. The number of rotatable bonds is 10. The summed E-state index contributed by atoms with van der Waals surface area (Å²) in [5.74, 6) is 2.19. The van der Waals surface area contributed by atoms with E-state index in [2.05, 4.69) is 20.3 Å². The van der Waals surface area contributed by atoms with Crippen LogP contribution in [0.4, 0.5) is 5.82 Å². The normalized spacial score (nSPS) is 13.2. The number of methoxy groups -OCH3 is 1. The van der Waals surface area contributed by atoms with Crippen LogP contribution < -0.4 is 19.5 Å². The zero-order chi connectivity index (χ0) is 26.0. The van der Waals surface area contributed by atoms with Crippen molar-refractivity contribution >= 4 is 32.7 Å². The molecule has 1 saturated carbocycles. The van der Waals surface area contributed by atoms with Gasteiger partial charge in [0, 0.05) is 18.3 Å². The zero-order valence-corrected chi connectivity index (χ0v) is 20.6. The average molecular weight is 522 g/mol. The number of amides is 1. The van der Waals surface area contributed by atoms with Crippen LogP contribution in [0.3, 0.4) is 0 Å². The molecular weight excluding hydrogens is 498 g/mol. The molecule has 2 aromatic carbocycles. The molecule has 2 aromatic heterocycles. The van der Waals surface area contributed by atoms with Gasteiger partial charge < -0.3 is 19.3 Å². The van der Waals surface area contributed by atoms with Gasteiger partial charge in [0.1, 0.15) is 21.8 Å². The first-order valence-electron chi connectivity index (χ1n) is 11.4. The van der Waals surface area contributed by atoms with Gasteiger partial charge in [-0.1, -0.05) is 17.3 Å². The fourth-order valence-corrected chi connectivity index (χ4v) is 4.91. The van der Waals surface area contributed by atoms with E-state index in [-0.39, 0.29) is 29.1 Å². The summed E-state index contributed by atoms with van der Waals surface area (Å²) in [6.07, 6.45) is 10.4. The maximum Gasteiger partial charge on any atom is 0.295 e. The summed E-state index contributed by atoms with van der Waals surface area (Å²) in [7, 11) is -2.62. The molecular formula is C25H23N5O6S. The third kappa shape index (κ3) is 5.36. The second-order valence-corrected chi connectivity index (χ2v) is 10.1. The van der Waals surface area contributed by atoms with Crippen LogP contribution in [0.1, 0.15) is 24.0 Å². The van der Waals surface area contributed by atoms with E-state index in [1.54, 1.807) is 41.3 Å². The third-order valence-corrected chi connectivity index (χ3v) is 7.00. The van der Waals surface area contributed by atoms with Crippen molar-refractivity contribution in [1.29, 1.82) is 0 Å². The number of aromatic nitrogens is 3. The van der Waals surface area contributed by atoms with Crippen molar-refractivity contribution < 1.29 is 27.2 Å². The molecule has 5 rings (SSSR count). The van der Waals surface area contributed by atoms with E-state index < -0.39 is 15.9 Å². The van der Waals surface area contributed by atoms with Crippen molar-refractivity contribution in [2.45, 2.75) is 36.9 Å². The predicted molar refractivity (Wildman–Crippen MR) is 133 cm³/mol. The molecule has 1 aliphatic carbocycles. The smallest absolute Gasteiger partial charge is 0.295 e. The number of carbonyl (C=O) groups excluding carboxylic acids is 1. The fourth-order valence-electron chi connectivity index (χ4n) is 3.74. The molecule has 0 atom stereocenters. The number of para-hydroxylation sites is 1. The van der Waals surface area contributed by atoms with E-state index >= 15 is 0 Å². The Kier molecular flexibility index (Phi) is 6.45. The fraction of sp³-hybridized carbons (Fsp3) is 0.240. The third-order valence-electron chi connectivity index (χ3n) is 5.62. The Hall–Kier alpha value is -4.50. The van der Waals surface area contributed by atoms with Crippen molar-refractivity contribution in [1.82, 2.24) is 20.3 Å². The molecule has 12 heteroatoms. The number of fused-ring (bicyclic) bond motifs is 1. The van der Waals surface area contributed by atoms with E-state index in [1.165, 1.54) is 13.2 Å². The molecule has 2 heterocycles. The van der Waals surface area contributed by atoms with E-state index in [0.717, 1.165) is 24.0 Å². The largest absolute Gasteiger partial charge is 0.495 e. The highest BCUT2D eigenvalue weighted by atomic mass is 32.2. The molecule has 4 aromatic rings. The minimum Gasteiger partial charge on any atom is -0.495 e. The maximum atomic E-state index is 13.1. The Labute approximate surface area is 212 Å². The van der Waals surface area contributed by atoms with Crippen LogP contribution in [-0.4, -0.2) is 42.5 Å². The number of nitrogens with one attached hydrogen (secondary N) is 2. The lowest BCUT2D eigenvalue weighted by atomic mass is 10.1. The van der Waals surface area contributed by atoms with E-state index in [9.17, 15) is 13.2 Å². The molecule has 37 heavy (non-hydrogen) atoms. The van der Waals surface area contributed by atoms with E-state index in [1.807, 2.05) is 12.0 Å². The molecule has 0 bridgehead atoms. The first-order chi connectivity index (χ1) is 17.9. The van der Waals surface area contributed by atoms with Crippen LogP contribution in [0.5, 0.6) is 11.5 Å². The topological polar surface area (TPSA) is 138 Å². The Morgan fingerprint density at radius 3 is 2.81 bits per heavy atom. The Bertz CT molecular complexity index is 1610. The van der Waals surface area contributed by atoms with Gasteiger partial charge in [0.05, 0.1) is 26.0 Å². The molecule has 0 radical (unpaired) electrons. The Balaban J connectivity index is 1.43. The second-order valence-electron chi connectivity index (χ2n) is 8.45. The minimum absolute atomic E-state index is 0.0220. The number of hydrogen-bond acceptors (Lipinski definition) is 8. The van der Waals surface area contributed by atoms with E-state index in [0.29, 0.717) is 23.3 Å². The molecule has 2 N–H and O–H groups in total. The first kappa shape index (κ1) is 24.2. The van der Waals surface area contributed by atoms with Gasteiger partial charge in [-0.15, -0.1) is 6.42 Å². The minimum atomic E-state index is -4.03. The van der Waals surface area contributed by atoms with Gasteiger partial charge in [-0.25, -0.2) is 8.42 Å². The molecule has 0 unspecified atom stereocenters. The van der Waals surface area contributed by atoms with Crippen LogP contribution in [0.25, 0.3) is 11.0 Å². The lowest BCUT2D eigenvalue weighted by Crippen LogP contribution is -2.20. The molecule has 0 aliphatic heterocycles. The average Bonchev–Trinajstić information content (AvgIpc) is 3.45. The van der Waals surface area contributed by atoms with Crippen LogP contribution in [0, 0.1) is 12.3 Å². The SMILES string of the molecule is C#CC(=O)NCc1cnn(Cc2cc(OC3CC3)c3c(NS(=O)(=O)c4ccccc4OC)noc3c2)c1. The van der Waals surface area contributed by atoms with Gasteiger partial charge in [-0.3, -0.25) is 14.2 Å². The summed E-state index contributed by atoms with van der Waals surface area (Å²) in [5, 5.41) is 11.3. The van der Waals surface area contributed by atoms with Gasteiger partial charge in [0.25, 0.3) is 15.9 Å². The predicted octanol–water partition coefficient (Wildman–Crippen LogP) is 2.67. The number of sulfonamides is 1. The van der Waals surface area contributed by atoms with Gasteiger partial charge in [-0.05, 0) is 48.6 Å². The van der Waals surface area contributed by atoms with Crippen LogP contribution in [-0.2, 0) is 27.9 Å². The highest BCUT2D eigenvalue weighted by Crippen LogP contribution is 2.38. The molecule has 1 amide bonds. The molecule has 1 aliphatic rings. The molecule has 1 fully saturated rings. The number of hydrogen-bond donors (Lipinski definition) is 2. The van der Waals surface area contributed by atoms with Crippen molar-refractivity contribution in [3.8, 4) is 23.8 Å². The van der Waals surface area contributed by atoms with Crippen molar-refractivity contribution in [2.24, 2.45) is 0 Å². The molecule has 190 valence electrons. The van der Waals surface area contributed by atoms with Crippen molar-refractivity contribution in [3.63, 3.8) is 0 Å². The number of carbonyl (C=O) groups is 1. The van der Waals surface area contributed by atoms with Gasteiger partial charge in [-0.2, -0.15) is 5.10 Å². The number of benzene rings is 2. The van der Waals surface area contributed by atoms with E-state index in [4.69, 9.17) is 20.4 Å². The summed E-state index contributed by atoms with van der Waals surface area (Å²) in [6.45, 7) is 0.638. The summed E-state index contributed by atoms with van der Waals surface area (Å²) >= 11 is 0. The standard InChI is InChI=1S/C25H23N5O6S/c1-3-23(31)26-12-17-13-27-30(15-17)14-16-10-20(35-18-8-9-18)24-21(11-16)36-28-25(24)29-37(32,33)22-7-5-4-6-19(22)34-2/h1,4-7,10-11,13,15,18H,8-9,12,14H2,2H3,(H,26,31)(H,28,29). The number of terminal acetylenes is 1. The van der Waals surface area contributed by atoms with Crippen molar-refractivity contribution in [3.05, 3.63) is 59.9 Å². The van der Waals surface area contributed by atoms with Crippen LogP contribution in [0.2, 0.25) is 0 Å². The van der Waals surface area contributed by atoms with Gasteiger partial charge >= 0.3 is 0 Å². The number of anilines is 1. The summed E-state index contributed by atoms with van der Waals surface area (Å²) < 4.78 is 47.3. The first-order valence-corrected chi connectivity index (χ1v) is 12.8. The zero-order valence-electron chi connectivity index (χ0n) is 19.8. The Morgan fingerprint density at radius 1 is 1.24 bits per heavy atom. The van der Waals surface area contributed by atoms with Crippen molar-refractivity contribution in [2.75, 3.05) is 11.8 Å². The number of nitrogens with zero attached hydrogens (tertiary/aromatic N) is 3. The van der Waals surface area contributed by atoms with Crippen LogP contribution >= 0.6 is 0 Å². The highest BCUT2D eigenvalue weighted by Gasteiger charge is 2.28. The Morgan fingerprint density at radius 2 is 2.05 bits per heavy atom. The summed E-state index contributed by atoms with van der Waals surface area (Å²) in [6, 6.07) is 9.87. The van der Waals surface area contributed by atoms with Gasteiger partial charge in [0.2, 0.25) is 0 Å². The number of ether oxygens (including phenoxy) is 2. The second kappa shape index (κ2) is 9.87. The lowest BCUT2D eigenvalue weighted by molar-refractivity contribution is -0.115. The summed E-state index contributed by atoms with van der Waals surface area (Å²) in [5.41, 5.74) is 1.95. The monoisotopic (exact) mass is 521 g/mol. The molecule has 11 nitrogen and oxygen atoms in total. The lowest BCUT2D eigenvalue weighted by Gasteiger charge is -2.12. The molecule has 0 spiro atoms.